The van der Waals surface area contributed by atoms with Gasteiger partial charge in [0.1, 0.15) is 23.9 Å². The van der Waals surface area contributed by atoms with Gasteiger partial charge in [-0.1, -0.05) is 0 Å². The molecule has 22 heavy (non-hydrogen) atoms. The number of hydrogen-bond acceptors (Lipinski definition) is 4. The van der Waals surface area contributed by atoms with Crippen molar-refractivity contribution in [1.29, 1.82) is 0 Å². The Labute approximate surface area is 126 Å². The first kappa shape index (κ1) is 15.4. The van der Waals surface area contributed by atoms with E-state index < -0.39 is 0 Å². The maximum absolute atomic E-state index is 9.09. The van der Waals surface area contributed by atoms with Crippen molar-refractivity contribution in [1.82, 2.24) is 0 Å². The molecule has 0 spiro atoms. The molecular formula is C14H17N5O3. The first-order valence-corrected chi connectivity index (χ1v) is 6.35. The summed E-state index contributed by atoms with van der Waals surface area (Å²) in [6.45, 7) is -0.190. The molecule has 116 valence electrons. The molecule has 0 aliphatic rings. The van der Waals surface area contributed by atoms with Crippen LogP contribution in [0.3, 0.4) is 0 Å². The summed E-state index contributed by atoms with van der Waals surface area (Å²) >= 11 is 0. The van der Waals surface area contributed by atoms with Gasteiger partial charge in [0, 0.05) is 11.6 Å². The lowest BCUT2D eigenvalue weighted by atomic mass is 10.1. The fraction of sp³-hybridized carbons (Fsp3) is 0.143. The van der Waals surface area contributed by atoms with Crippen LogP contribution in [-0.2, 0) is 6.61 Å². The molecule has 0 saturated heterocycles. The fourth-order valence-electron chi connectivity index (χ4n) is 1.83. The molecule has 0 unspecified atom stereocenters. The van der Waals surface area contributed by atoms with Gasteiger partial charge in [-0.2, -0.15) is 4.99 Å². The molecule has 0 amide bonds. The summed E-state index contributed by atoms with van der Waals surface area (Å²) < 4.78 is 10.7. The van der Waals surface area contributed by atoms with Crippen LogP contribution in [0.1, 0.15) is 5.76 Å². The van der Waals surface area contributed by atoms with E-state index in [2.05, 4.69) is 9.98 Å². The monoisotopic (exact) mass is 303 g/mol. The van der Waals surface area contributed by atoms with Crippen molar-refractivity contribution in [3.05, 3.63) is 36.1 Å². The van der Waals surface area contributed by atoms with Crippen LogP contribution in [0.4, 0.5) is 5.69 Å². The van der Waals surface area contributed by atoms with Crippen molar-refractivity contribution in [2.45, 2.75) is 6.61 Å². The molecule has 0 saturated carbocycles. The predicted octanol–water partition coefficient (Wildman–Crippen LogP) is 0.667. The second-order valence-corrected chi connectivity index (χ2v) is 4.31. The van der Waals surface area contributed by atoms with Gasteiger partial charge in [-0.15, -0.1) is 0 Å². The van der Waals surface area contributed by atoms with Gasteiger partial charge < -0.3 is 31.5 Å². The first-order chi connectivity index (χ1) is 10.5. The SMILES string of the molecule is COc1ccc(-c2ccc(CO)o2)c(N=C(N)N=C(N)N)c1. The quantitative estimate of drug-likeness (QED) is 0.482. The minimum atomic E-state index is -0.190. The normalized spacial score (nSPS) is 11.3. The zero-order valence-corrected chi connectivity index (χ0v) is 12.0. The molecule has 0 aliphatic carbocycles. The highest BCUT2D eigenvalue weighted by atomic mass is 16.5. The molecule has 0 aliphatic heterocycles. The molecule has 1 aromatic heterocycles. The number of aliphatic imine (C=N–C) groups is 2. The number of hydrogen-bond donors (Lipinski definition) is 4. The maximum Gasteiger partial charge on any atom is 0.223 e. The van der Waals surface area contributed by atoms with Gasteiger partial charge in [-0.25, -0.2) is 4.99 Å². The lowest BCUT2D eigenvalue weighted by molar-refractivity contribution is 0.248. The van der Waals surface area contributed by atoms with Crippen molar-refractivity contribution < 1.29 is 14.3 Å². The van der Waals surface area contributed by atoms with E-state index >= 15 is 0 Å². The summed E-state index contributed by atoms with van der Waals surface area (Å²) in [6.07, 6.45) is 0. The second-order valence-electron chi connectivity index (χ2n) is 4.31. The Bertz CT molecular complexity index is 717. The van der Waals surface area contributed by atoms with Gasteiger partial charge in [0.25, 0.3) is 0 Å². The van der Waals surface area contributed by atoms with Crippen LogP contribution in [0.5, 0.6) is 5.75 Å². The Hall–Kier alpha value is -3.00. The summed E-state index contributed by atoms with van der Waals surface area (Å²) in [5.41, 5.74) is 17.3. The van der Waals surface area contributed by atoms with Gasteiger partial charge in [0.15, 0.2) is 5.96 Å². The lowest BCUT2D eigenvalue weighted by Gasteiger charge is -2.06. The third-order valence-corrected chi connectivity index (χ3v) is 2.77. The molecule has 1 aromatic carbocycles. The number of nitrogens with zero attached hydrogens (tertiary/aromatic N) is 2. The molecule has 8 heteroatoms. The van der Waals surface area contributed by atoms with Crippen molar-refractivity contribution >= 4 is 17.6 Å². The van der Waals surface area contributed by atoms with Crippen LogP contribution in [0, 0.1) is 0 Å². The van der Waals surface area contributed by atoms with Crippen molar-refractivity contribution in [2.24, 2.45) is 27.2 Å². The fourth-order valence-corrected chi connectivity index (χ4v) is 1.83. The first-order valence-electron chi connectivity index (χ1n) is 6.35. The Kier molecular flexibility index (Phi) is 4.64. The van der Waals surface area contributed by atoms with E-state index in [1.54, 1.807) is 37.4 Å². The number of furan rings is 1. The minimum absolute atomic E-state index is 0.0940. The van der Waals surface area contributed by atoms with Crippen molar-refractivity contribution in [3.63, 3.8) is 0 Å². The topological polar surface area (TPSA) is 145 Å². The Morgan fingerprint density at radius 1 is 1.23 bits per heavy atom. The van der Waals surface area contributed by atoms with Gasteiger partial charge in [0.2, 0.25) is 5.96 Å². The highest BCUT2D eigenvalue weighted by Gasteiger charge is 2.11. The lowest BCUT2D eigenvalue weighted by Crippen LogP contribution is -2.26. The summed E-state index contributed by atoms with van der Waals surface area (Å²) in [5, 5.41) is 9.09. The number of rotatable bonds is 4. The zero-order valence-electron chi connectivity index (χ0n) is 12.0. The van der Waals surface area contributed by atoms with Crippen LogP contribution in [-0.4, -0.2) is 24.1 Å². The maximum atomic E-state index is 9.09. The number of aliphatic hydroxyl groups is 1. The largest absolute Gasteiger partial charge is 0.497 e. The van der Waals surface area contributed by atoms with Crippen LogP contribution in [0.2, 0.25) is 0 Å². The van der Waals surface area contributed by atoms with E-state index in [0.717, 1.165) is 0 Å². The molecule has 1 heterocycles. The van der Waals surface area contributed by atoms with Gasteiger partial charge >= 0.3 is 0 Å². The second kappa shape index (κ2) is 6.64. The van der Waals surface area contributed by atoms with Crippen LogP contribution in [0.15, 0.2) is 44.7 Å². The molecule has 2 aromatic rings. The zero-order chi connectivity index (χ0) is 16.1. The van der Waals surface area contributed by atoms with Crippen LogP contribution < -0.4 is 21.9 Å². The molecule has 0 bridgehead atoms. The number of benzene rings is 1. The molecule has 0 fully saturated rings. The number of methoxy groups -OCH3 is 1. The molecule has 2 rings (SSSR count). The molecular weight excluding hydrogens is 286 g/mol. The van der Waals surface area contributed by atoms with Crippen molar-refractivity contribution in [2.75, 3.05) is 7.11 Å². The van der Waals surface area contributed by atoms with E-state index in [-0.39, 0.29) is 18.5 Å². The highest BCUT2D eigenvalue weighted by molar-refractivity contribution is 5.94. The summed E-state index contributed by atoms with van der Waals surface area (Å²) in [6, 6.07) is 8.59. The number of guanidine groups is 2. The predicted molar refractivity (Wildman–Crippen MR) is 83.7 cm³/mol. The van der Waals surface area contributed by atoms with E-state index in [0.29, 0.717) is 28.5 Å². The van der Waals surface area contributed by atoms with Crippen LogP contribution in [0.25, 0.3) is 11.3 Å². The summed E-state index contributed by atoms with van der Waals surface area (Å²) in [4.78, 5) is 7.84. The third kappa shape index (κ3) is 3.55. The van der Waals surface area contributed by atoms with Gasteiger partial charge in [0.05, 0.1) is 12.8 Å². The number of nitrogens with two attached hydrogens (primary N) is 3. The smallest absolute Gasteiger partial charge is 0.223 e. The summed E-state index contributed by atoms with van der Waals surface area (Å²) in [7, 11) is 1.54. The molecule has 0 radical (unpaired) electrons. The molecule has 8 nitrogen and oxygen atoms in total. The molecule has 7 N–H and O–H groups in total. The Morgan fingerprint density at radius 3 is 2.59 bits per heavy atom. The Balaban J connectivity index is 2.52. The average molecular weight is 303 g/mol. The highest BCUT2D eigenvalue weighted by Crippen LogP contribution is 2.34. The minimum Gasteiger partial charge on any atom is -0.497 e. The van der Waals surface area contributed by atoms with Crippen LogP contribution >= 0.6 is 0 Å². The summed E-state index contributed by atoms with van der Waals surface area (Å²) in [5.74, 6) is 1.28. The van der Waals surface area contributed by atoms with E-state index in [9.17, 15) is 0 Å². The number of ether oxygens (including phenoxy) is 1. The van der Waals surface area contributed by atoms with E-state index in [4.69, 9.17) is 31.5 Å². The van der Waals surface area contributed by atoms with Gasteiger partial charge in [-0.3, -0.25) is 0 Å². The standard InChI is InChI=1S/C14H17N5O3/c1-21-8-2-4-10(12-5-3-9(7-20)22-12)11(6-8)18-14(17)19-13(15)16/h2-6,20H,7H2,1H3,(H6,15,16,17,18,19). The van der Waals surface area contributed by atoms with E-state index in [1.807, 2.05) is 0 Å². The Morgan fingerprint density at radius 2 is 2.00 bits per heavy atom. The third-order valence-electron chi connectivity index (χ3n) is 2.77. The number of aliphatic hydroxyl groups excluding tert-OH is 1. The average Bonchev–Trinajstić information content (AvgIpc) is 2.95. The van der Waals surface area contributed by atoms with Crippen molar-refractivity contribution in [3.8, 4) is 17.1 Å². The molecule has 0 atom stereocenters. The van der Waals surface area contributed by atoms with E-state index in [1.165, 1.54) is 0 Å². The van der Waals surface area contributed by atoms with Gasteiger partial charge in [-0.05, 0) is 24.3 Å².